The SMILES string of the molecule is COc1cccc(-c2nc3cc(CC[C](C)CO)ccc3o2)c1OC. The highest BCUT2D eigenvalue weighted by Crippen LogP contribution is 2.38. The summed E-state index contributed by atoms with van der Waals surface area (Å²) in [5.74, 6) is 2.81. The van der Waals surface area contributed by atoms with Crippen LogP contribution < -0.4 is 9.47 Å². The molecule has 0 aliphatic heterocycles. The van der Waals surface area contributed by atoms with Crippen molar-refractivity contribution in [2.45, 2.75) is 19.8 Å². The summed E-state index contributed by atoms with van der Waals surface area (Å²) in [5, 5.41) is 9.12. The molecule has 0 aliphatic carbocycles. The number of rotatable bonds is 7. The number of aliphatic hydroxyl groups is 1. The van der Waals surface area contributed by atoms with Crippen molar-refractivity contribution < 1.29 is 19.0 Å². The van der Waals surface area contributed by atoms with Gasteiger partial charge >= 0.3 is 0 Å². The second kappa shape index (κ2) is 7.57. The van der Waals surface area contributed by atoms with Gasteiger partial charge in [0.1, 0.15) is 5.52 Å². The Bertz CT molecular complexity index is 856. The zero-order valence-electron chi connectivity index (χ0n) is 14.7. The Labute approximate surface area is 147 Å². The van der Waals surface area contributed by atoms with Crippen LogP contribution in [0.3, 0.4) is 0 Å². The third-order valence-corrected chi connectivity index (χ3v) is 4.20. The van der Waals surface area contributed by atoms with Crippen molar-refractivity contribution in [3.8, 4) is 23.0 Å². The molecular weight excluding hydrogens is 318 g/mol. The number of fused-ring (bicyclic) bond motifs is 1. The summed E-state index contributed by atoms with van der Waals surface area (Å²) in [6.45, 7) is 2.09. The quantitative estimate of drug-likeness (QED) is 0.703. The lowest BCUT2D eigenvalue weighted by atomic mass is 10.0. The minimum Gasteiger partial charge on any atom is -0.493 e. The third kappa shape index (κ3) is 3.61. The molecule has 1 heterocycles. The van der Waals surface area contributed by atoms with E-state index in [4.69, 9.17) is 19.0 Å². The second-order valence-corrected chi connectivity index (χ2v) is 5.98. The summed E-state index contributed by atoms with van der Waals surface area (Å²) in [6, 6.07) is 11.6. The first kappa shape index (κ1) is 17.3. The van der Waals surface area contributed by atoms with Crippen molar-refractivity contribution in [1.82, 2.24) is 4.98 Å². The molecule has 0 bridgehead atoms. The Balaban J connectivity index is 1.94. The van der Waals surface area contributed by atoms with E-state index in [1.54, 1.807) is 14.2 Å². The molecule has 0 spiro atoms. The van der Waals surface area contributed by atoms with Gasteiger partial charge in [0.15, 0.2) is 17.1 Å². The number of oxazole rings is 1. The third-order valence-electron chi connectivity index (χ3n) is 4.20. The van der Waals surface area contributed by atoms with Gasteiger partial charge < -0.3 is 19.0 Å². The Kier molecular flexibility index (Phi) is 5.24. The van der Waals surface area contributed by atoms with E-state index in [1.165, 1.54) is 0 Å². The monoisotopic (exact) mass is 340 g/mol. The standard InChI is InChI=1S/C20H22NO4/c1-13(12-22)7-8-14-9-10-17-16(11-14)21-20(25-17)15-5-4-6-18(23-2)19(15)24-3/h4-6,9-11,22H,7-8,12H2,1-3H3. The van der Waals surface area contributed by atoms with Gasteiger partial charge in [0.05, 0.1) is 19.8 Å². The predicted octanol–water partition coefficient (Wildman–Crippen LogP) is 4.03. The van der Waals surface area contributed by atoms with E-state index in [9.17, 15) is 0 Å². The van der Waals surface area contributed by atoms with Crippen molar-refractivity contribution in [1.29, 1.82) is 0 Å². The molecule has 131 valence electrons. The van der Waals surface area contributed by atoms with E-state index in [0.717, 1.165) is 41.0 Å². The van der Waals surface area contributed by atoms with E-state index in [1.807, 2.05) is 43.3 Å². The number of aryl methyl sites for hydroxylation is 1. The largest absolute Gasteiger partial charge is 0.493 e. The van der Waals surface area contributed by atoms with Gasteiger partial charge in [-0.2, -0.15) is 0 Å². The summed E-state index contributed by atoms with van der Waals surface area (Å²) in [7, 11) is 3.20. The molecule has 5 heteroatoms. The average molecular weight is 340 g/mol. The molecule has 1 aromatic heterocycles. The van der Waals surface area contributed by atoms with Crippen LogP contribution in [-0.4, -0.2) is 30.9 Å². The molecule has 25 heavy (non-hydrogen) atoms. The van der Waals surface area contributed by atoms with Crippen molar-refractivity contribution in [2.24, 2.45) is 0 Å². The summed E-state index contributed by atoms with van der Waals surface area (Å²) in [5.41, 5.74) is 3.45. The van der Waals surface area contributed by atoms with Gasteiger partial charge in [0, 0.05) is 6.61 Å². The Hall–Kier alpha value is -2.53. The van der Waals surface area contributed by atoms with Gasteiger partial charge in [-0.25, -0.2) is 4.98 Å². The van der Waals surface area contributed by atoms with Crippen LogP contribution in [0.2, 0.25) is 0 Å². The van der Waals surface area contributed by atoms with Crippen LogP contribution in [0.5, 0.6) is 11.5 Å². The molecule has 1 radical (unpaired) electrons. The zero-order chi connectivity index (χ0) is 17.8. The van der Waals surface area contributed by atoms with E-state index in [0.29, 0.717) is 17.4 Å². The molecule has 5 nitrogen and oxygen atoms in total. The summed E-state index contributed by atoms with van der Waals surface area (Å²) < 4.78 is 16.7. The minimum atomic E-state index is 0.131. The number of para-hydroxylation sites is 1. The number of benzene rings is 2. The van der Waals surface area contributed by atoms with Crippen LogP contribution in [0.25, 0.3) is 22.6 Å². The first-order chi connectivity index (χ1) is 12.2. The molecule has 0 saturated carbocycles. The predicted molar refractivity (Wildman–Crippen MR) is 96.9 cm³/mol. The summed E-state index contributed by atoms with van der Waals surface area (Å²) in [6.07, 6.45) is 1.73. The Morgan fingerprint density at radius 1 is 1.16 bits per heavy atom. The van der Waals surface area contributed by atoms with E-state index >= 15 is 0 Å². The van der Waals surface area contributed by atoms with E-state index in [2.05, 4.69) is 4.98 Å². The fraction of sp³-hybridized carbons (Fsp3) is 0.300. The first-order valence-electron chi connectivity index (χ1n) is 8.19. The number of aliphatic hydroxyl groups excluding tert-OH is 1. The maximum atomic E-state index is 9.12. The highest BCUT2D eigenvalue weighted by molar-refractivity contribution is 5.79. The van der Waals surface area contributed by atoms with Crippen LogP contribution in [0.15, 0.2) is 40.8 Å². The molecule has 3 aromatic rings. The zero-order valence-corrected chi connectivity index (χ0v) is 14.7. The van der Waals surface area contributed by atoms with Crippen LogP contribution >= 0.6 is 0 Å². The lowest BCUT2D eigenvalue weighted by Gasteiger charge is -2.09. The number of nitrogens with zero attached hydrogens (tertiary/aromatic N) is 1. The molecule has 0 aliphatic rings. The minimum absolute atomic E-state index is 0.131. The van der Waals surface area contributed by atoms with Gasteiger partial charge in [-0.1, -0.05) is 19.1 Å². The van der Waals surface area contributed by atoms with Crippen molar-refractivity contribution >= 4 is 11.1 Å². The lowest BCUT2D eigenvalue weighted by molar-refractivity contribution is 0.303. The number of hydrogen-bond acceptors (Lipinski definition) is 5. The molecule has 2 aromatic carbocycles. The van der Waals surface area contributed by atoms with Crippen molar-refractivity contribution in [2.75, 3.05) is 20.8 Å². The average Bonchev–Trinajstić information content (AvgIpc) is 3.08. The van der Waals surface area contributed by atoms with Crippen LogP contribution in [0, 0.1) is 5.92 Å². The lowest BCUT2D eigenvalue weighted by Crippen LogP contribution is -1.99. The smallest absolute Gasteiger partial charge is 0.231 e. The fourth-order valence-electron chi connectivity index (χ4n) is 2.74. The van der Waals surface area contributed by atoms with E-state index < -0.39 is 0 Å². The van der Waals surface area contributed by atoms with Gasteiger partial charge in [0.2, 0.25) is 5.89 Å². The van der Waals surface area contributed by atoms with Crippen LogP contribution in [-0.2, 0) is 6.42 Å². The molecule has 0 amide bonds. The molecule has 0 saturated heterocycles. The van der Waals surface area contributed by atoms with Gasteiger partial charge in [-0.3, -0.25) is 0 Å². The van der Waals surface area contributed by atoms with Gasteiger partial charge in [-0.05, 0) is 48.6 Å². The first-order valence-corrected chi connectivity index (χ1v) is 8.19. The highest BCUT2D eigenvalue weighted by atomic mass is 16.5. The number of hydrogen-bond donors (Lipinski definition) is 1. The number of aromatic nitrogens is 1. The van der Waals surface area contributed by atoms with Crippen LogP contribution in [0.1, 0.15) is 18.9 Å². The normalized spacial score (nSPS) is 11.2. The number of methoxy groups -OCH3 is 2. The van der Waals surface area contributed by atoms with Crippen molar-refractivity contribution in [3.63, 3.8) is 0 Å². The molecule has 0 atom stereocenters. The summed E-state index contributed by atoms with van der Waals surface area (Å²) in [4.78, 5) is 4.62. The second-order valence-electron chi connectivity index (χ2n) is 5.98. The molecule has 0 fully saturated rings. The Morgan fingerprint density at radius 2 is 2.00 bits per heavy atom. The number of ether oxygens (including phenoxy) is 2. The molecule has 3 rings (SSSR count). The molecule has 1 N–H and O–H groups in total. The fourth-order valence-corrected chi connectivity index (χ4v) is 2.74. The molecule has 0 unspecified atom stereocenters. The summed E-state index contributed by atoms with van der Waals surface area (Å²) >= 11 is 0. The topological polar surface area (TPSA) is 64.7 Å². The van der Waals surface area contributed by atoms with E-state index in [-0.39, 0.29) is 6.61 Å². The Morgan fingerprint density at radius 3 is 2.72 bits per heavy atom. The maximum Gasteiger partial charge on any atom is 0.231 e. The molecular formula is C20H22NO4. The van der Waals surface area contributed by atoms with Crippen LogP contribution in [0.4, 0.5) is 0 Å². The highest BCUT2D eigenvalue weighted by Gasteiger charge is 2.17. The van der Waals surface area contributed by atoms with Gasteiger partial charge in [0.25, 0.3) is 0 Å². The van der Waals surface area contributed by atoms with Gasteiger partial charge in [-0.15, -0.1) is 0 Å². The van der Waals surface area contributed by atoms with Crippen molar-refractivity contribution in [3.05, 3.63) is 47.9 Å². The maximum absolute atomic E-state index is 9.12.